The van der Waals surface area contributed by atoms with Crippen LogP contribution in [0.25, 0.3) is 0 Å². The van der Waals surface area contributed by atoms with Crippen LogP contribution in [0.3, 0.4) is 0 Å². The molecular formula is C21H44N4. The molecule has 4 heteroatoms. The number of unbranched alkanes of at least 4 members (excludes halogenated alkanes) is 12. The van der Waals surface area contributed by atoms with Crippen molar-refractivity contribution in [3.05, 3.63) is 0 Å². The predicted octanol–water partition coefficient (Wildman–Crippen LogP) is 7.78. The lowest BCUT2D eigenvalue weighted by atomic mass is 10.1. The van der Waals surface area contributed by atoms with Crippen LogP contribution in [0.1, 0.15) is 110 Å². The van der Waals surface area contributed by atoms with E-state index in [0.717, 1.165) is 39.0 Å². The molecule has 0 rings (SSSR count). The first-order valence-corrected chi connectivity index (χ1v) is 11.1. The largest absolute Gasteiger partial charge is 0.194 e. The molecule has 0 fully saturated rings. The third-order valence-corrected chi connectivity index (χ3v) is 4.44. The molecule has 0 aromatic rings. The topological polar surface area (TPSA) is 49.4 Å². The highest BCUT2D eigenvalue weighted by Gasteiger charge is 1.91. The van der Waals surface area contributed by atoms with E-state index < -0.39 is 0 Å². The summed E-state index contributed by atoms with van der Waals surface area (Å²) in [4.78, 5) is 0. The van der Waals surface area contributed by atoms with Crippen LogP contribution in [0, 0.1) is 0 Å². The molecule has 0 bridgehead atoms. The summed E-state index contributed by atoms with van der Waals surface area (Å²) in [6.45, 7) is 8.11. The van der Waals surface area contributed by atoms with E-state index in [1.165, 1.54) is 83.5 Å². The minimum Gasteiger partial charge on any atom is -0.194 e. The lowest BCUT2D eigenvalue weighted by Crippen LogP contribution is -1.87. The van der Waals surface area contributed by atoms with Gasteiger partial charge in [-0.15, -0.1) is 0 Å². The monoisotopic (exact) mass is 352 g/mol. The van der Waals surface area contributed by atoms with Crippen molar-refractivity contribution in [3.8, 4) is 0 Å². The Labute approximate surface area is 157 Å². The van der Waals surface area contributed by atoms with Crippen molar-refractivity contribution in [1.29, 1.82) is 0 Å². The minimum absolute atomic E-state index is 0.880. The molecule has 0 aromatic heterocycles. The van der Waals surface area contributed by atoms with Gasteiger partial charge in [-0.2, -0.15) is 20.5 Å². The summed E-state index contributed by atoms with van der Waals surface area (Å²) in [5.74, 6) is 0. The van der Waals surface area contributed by atoms with Crippen molar-refractivity contribution in [2.45, 2.75) is 110 Å². The van der Waals surface area contributed by atoms with Gasteiger partial charge in [0.2, 0.25) is 0 Å². The van der Waals surface area contributed by atoms with Crippen LogP contribution < -0.4 is 0 Å². The highest BCUT2D eigenvalue weighted by atomic mass is 15.1. The van der Waals surface area contributed by atoms with Gasteiger partial charge in [-0.3, -0.25) is 0 Å². The van der Waals surface area contributed by atoms with Crippen LogP contribution in [-0.2, 0) is 0 Å². The average Bonchev–Trinajstić information content (AvgIpc) is 2.63. The van der Waals surface area contributed by atoms with Gasteiger partial charge in [-0.25, -0.2) is 0 Å². The number of hydrogen-bond acceptors (Lipinski definition) is 4. The predicted molar refractivity (Wildman–Crippen MR) is 110 cm³/mol. The molecule has 0 aliphatic rings. The molecule has 0 heterocycles. The fourth-order valence-corrected chi connectivity index (χ4v) is 2.75. The quantitative estimate of drug-likeness (QED) is 0.159. The lowest BCUT2D eigenvalue weighted by Gasteiger charge is -1.98. The molecule has 148 valence electrons. The standard InChI is InChI=1S/C21H44N4/c1-3-5-7-9-11-14-18-22-24-20-16-13-17-21-25-23-19-15-12-10-8-6-4-2/h3-21H2,1-2H3/b24-22+,25-23+. The number of nitrogens with zero attached hydrogens (tertiary/aromatic N) is 4. The average molecular weight is 353 g/mol. The maximum absolute atomic E-state index is 4.27. The van der Waals surface area contributed by atoms with E-state index in [0.29, 0.717) is 0 Å². The Morgan fingerprint density at radius 2 is 0.560 bits per heavy atom. The zero-order valence-electron chi connectivity index (χ0n) is 17.2. The Morgan fingerprint density at radius 3 is 0.880 bits per heavy atom. The molecule has 25 heavy (non-hydrogen) atoms. The van der Waals surface area contributed by atoms with E-state index in [-0.39, 0.29) is 0 Å². The summed E-state index contributed by atoms with van der Waals surface area (Å²) in [6.07, 6.45) is 19.3. The normalized spacial score (nSPS) is 11.9. The van der Waals surface area contributed by atoms with E-state index in [9.17, 15) is 0 Å². The van der Waals surface area contributed by atoms with Crippen LogP contribution in [0.4, 0.5) is 0 Å². The molecule has 0 spiro atoms. The first-order chi connectivity index (χ1) is 12.4. The molecule has 0 radical (unpaired) electrons. The summed E-state index contributed by atoms with van der Waals surface area (Å²) < 4.78 is 0. The summed E-state index contributed by atoms with van der Waals surface area (Å²) in [7, 11) is 0. The molecule has 0 aliphatic heterocycles. The molecule has 4 nitrogen and oxygen atoms in total. The number of azo groups is 2. The second-order valence-electron chi connectivity index (χ2n) is 7.06. The summed E-state index contributed by atoms with van der Waals surface area (Å²) >= 11 is 0. The maximum Gasteiger partial charge on any atom is 0.0598 e. The van der Waals surface area contributed by atoms with E-state index in [4.69, 9.17) is 0 Å². The number of rotatable bonds is 20. The first kappa shape index (κ1) is 24.2. The second-order valence-corrected chi connectivity index (χ2v) is 7.06. The Balaban J connectivity index is 3.12. The SMILES string of the molecule is CCCCCCCC/N=N/CCCCC/N=N/CCCCCCCC. The Kier molecular flexibility index (Phi) is 22.5. The van der Waals surface area contributed by atoms with Crippen LogP contribution in [0.15, 0.2) is 20.5 Å². The van der Waals surface area contributed by atoms with E-state index in [1.807, 2.05) is 0 Å². The fraction of sp³-hybridized carbons (Fsp3) is 1.00. The van der Waals surface area contributed by atoms with Gasteiger partial charge in [0, 0.05) is 0 Å². The van der Waals surface area contributed by atoms with Gasteiger partial charge in [0.05, 0.1) is 26.2 Å². The lowest BCUT2D eigenvalue weighted by molar-refractivity contribution is 0.599. The second kappa shape index (κ2) is 23.2. The van der Waals surface area contributed by atoms with Gasteiger partial charge in [-0.05, 0) is 32.1 Å². The van der Waals surface area contributed by atoms with Gasteiger partial charge < -0.3 is 0 Å². The zero-order valence-corrected chi connectivity index (χ0v) is 17.2. The first-order valence-electron chi connectivity index (χ1n) is 11.1. The highest BCUT2D eigenvalue weighted by molar-refractivity contribution is 4.50. The van der Waals surface area contributed by atoms with Gasteiger partial charge in [-0.1, -0.05) is 78.1 Å². The van der Waals surface area contributed by atoms with Crippen molar-refractivity contribution in [2.24, 2.45) is 20.5 Å². The molecule has 0 N–H and O–H groups in total. The van der Waals surface area contributed by atoms with Crippen molar-refractivity contribution < 1.29 is 0 Å². The van der Waals surface area contributed by atoms with Crippen LogP contribution in [0.2, 0.25) is 0 Å². The van der Waals surface area contributed by atoms with Crippen LogP contribution in [-0.4, -0.2) is 26.2 Å². The van der Waals surface area contributed by atoms with Gasteiger partial charge in [0.1, 0.15) is 0 Å². The van der Waals surface area contributed by atoms with E-state index >= 15 is 0 Å². The Bertz CT molecular complexity index is 262. The third kappa shape index (κ3) is 23.2. The van der Waals surface area contributed by atoms with Gasteiger partial charge >= 0.3 is 0 Å². The molecular weight excluding hydrogens is 308 g/mol. The molecule has 0 atom stereocenters. The van der Waals surface area contributed by atoms with Crippen molar-refractivity contribution in [3.63, 3.8) is 0 Å². The minimum atomic E-state index is 0.880. The van der Waals surface area contributed by atoms with E-state index in [1.54, 1.807) is 0 Å². The van der Waals surface area contributed by atoms with Gasteiger partial charge in [0.15, 0.2) is 0 Å². The van der Waals surface area contributed by atoms with Crippen molar-refractivity contribution >= 4 is 0 Å². The Morgan fingerprint density at radius 1 is 0.320 bits per heavy atom. The molecule has 0 aromatic carbocycles. The van der Waals surface area contributed by atoms with E-state index in [2.05, 4.69) is 34.3 Å². The highest BCUT2D eigenvalue weighted by Crippen LogP contribution is 2.06. The Hall–Kier alpha value is -0.800. The summed E-state index contributed by atoms with van der Waals surface area (Å²) in [5.41, 5.74) is 0. The molecule has 0 saturated carbocycles. The molecule has 0 saturated heterocycles. The van der Waals surface area contributed by atoms with Crippen molar-refractivity contribution in [1.82, 2.24) is 0 Å². The molecule has 0 aliphatic carbocycles. The number of hydrogen-bond donors (Lipinski definition) is 0. The summed E-state index contributed by atoms with van der Waals surface area (Å²) in [5, 5.41) is 17.1. The van der Waals surface area contributed by atoms with Crippen molar-refractivity contribution in [2.75, 3.05) is 26.2 Å². The fourth-order valence-electron chi connectivity index (χ4n) is 2.75. The van der Waals surface area contributed by atoms with Crippen LogP contribution >= 0.6 is 0 Å². The van der Waals surface area contributed by atoms with Crippen LogP contribution in [0.5, 0.6) is 0 Å². The van der Waals surface area contributed by atoms with Gasteiger partial charge in [0.25, 0.3) is 0 Å². The molecule has 0 amide bonds. The smallest absolute Gasteiger partial charge is 0.0598 e. The third-order valence-electron chi connectivity index (χ3n) is 4.44. The molecule has 0 unspecified atom stereocenters. The summed E-state index contributed by atoms with van der Waals surface area (Å²) in [6, 6.07) is 0. The zero-order chi connectivity index (χ0) is 18.3. The maximum atomic E-state index is 4.27.